The largest absolute Gasteiger partial charge is 0.206 e. The van der Waals surface area contributed by atoms with Crippen molar-refractivity contribution in [3.05, 3.63) is 58.9 Å². The van der Waals surface area contributed by atoms with Crippen LogP contribution in [-0.2, 0) is 6.42 Å². The molecule has 2 aromatic rings. The Hall–Kier alpha value is -1.86. The minimum atomic E-state index is -0.784. The average Bonchev–Trinajstić information content (AvgIpc) is 2.58. The highest BCUT2D eigenvalue weighted by atomic mass is 32.1. The molecule has 0 fully saturated rings. The van der Waals surface area contributed by atoms with Gasteiger partial charge < -0.3 is 0 Å². The van der Waals surface area contributed by atoms with Crippen LogP contribution in [0.1, 0.15) is 50.7 Å². The van der Waals surface area contributed by atoms with Crippen LogP contribution in [0.2, 0.25) is 0 Å². The fourth-order valence-electron chi connectivity index (χ4n) is 2.94. The molecule has 0 spiro atoms. The van der Waals surface area contributed by atoms with Crippen LogP contribution in [0.5, 0.6) is 0 Å². The Bertz CT molecular complexity index is 795. The number of halogens is 3. The van der Waals surface area contributed by atoms with Gasteiger partial charge in [0.1, 0.15) is 17.5 Å². The van der Waals surface area contributed by atoms with Crippen molar-refractivity contribution in [2.24, 2.45) is 0 Å². The first kappa shape index (κ1) is 20.5. The van der Waals surface area contributed by atoms with E-state index in [1.165, 1.54) is 13.0 Å². The Balaban J connectivity index is 2.15. The quantitative estimate of drug-likeness (QED) is 0.410. The standard InChI is InChI=1S/C22H23F3S/c1-3-6-17(26)9-5-8-15-10-11-18(20(23)12-15)16-13-21(24)19(7-4-2)22(25)14-16/h10-14,17,26H,3,5-6,8-9H2,1-2H3. The van der Waals surface area contributed by atoms with Gasteiger partial charge in [-0.25, -0.2) is 13.2 Å². The molecule has 0 saturated heterocycles. The topological polar surface area (TPSA) is 0 Å². The molecule has 138 valence electrons. The van der Waals surface area contributed by atoms with Gasteiger partial charge in [0.05, 0.1) is 5.56 Å². The lowest BCUT2D eigenvalue weighted by Gasteiger charge is -2.10. The summed E-state index contributed by atoms with van der Waals surface area (Å²) in [4.78, 5) is 0. The molecule has 1 atom stereocenters. The molecule has 0 bridgehead atoms. The first-order chi connectivity index (χ1) is 12.5. The summed E-state index contributed by atoms with van der Waals surface area (Å²) in [6, 6.07) is 7.07. The zero-order valence-corrected chi connectivity index (χ0v) is 16.0. The second kappa shape index (κ2) is 9.73. The maximum atomic E-state index is 14.5. The molecular formula is C22H23F3S. The van der Waals surface area contributed by atoms with Crippen LogP contribution in [0.3, 0.4) is 0 Å². The smallest absolute Gasteiger partial charge is 0.142 e. The zero-order valence-electron chi connectivity index (χ0n) is 15.1. The molecule has 0 amide bonds. The minimum absolute atomic E-state index is 0.170. The number of thiol groups is 1. The fraction of sp³-hybridized carbons (Fsp3) is 0.364. The van der Waals surface area contributed by atoms with E-state index in [0.29, 0.717) is 5.25 Å². The van der Waals surface area contributed by atoms with Crippen molar-refractivity contribution in [1.29, 1.82) is 0 Å². The maximum absolute atomic E-state index is 14.5. The molecule has 0 saturated carbocycles. The number of hydrogen-bond donors (Lipinski definition) is 1. The molecule has 0 aliphatic rings. The van der Waals surface area contributed by atoms with Crippen LogP contribution >= 0.6 is 12.6 Å². The average molecular weight is 376 g/mol. The Labute approximate surface area is 159 Å². The molecule has 2 aromatic carbocycles. The van der Waals surface area contributed by atoms with Crippen molar-refractivity contribution in [2.45, 2.75) is 51.2 Å². The van der Waals surface area contributed by atoms with E-state index in [-0.39, 0.29) is 16.7 Å². The van der Waals surface area contributed by atoms with Crippen molar-refractivity contribution in [2.75, 3.05) is 0 Å². The van der Waals surface area contributed by atoms with Crippen molar-refractivity contribution < 1.29 is 13.2 Å². The van der Waals surface area contributed by atoms with Gasteiger partial charge in [-0.15, -0.1) is 5.92 Å². The number of aryl methyl sites for hydroxylation is 1. The molecule has 0 nitrogen and oxygen atoms in total. The molecule has 0 heterocycles. The van der Waals surface area contributed by atoms with Crippen LogP contribution in [0.15, 0.2) is 30.3 Å². The van der Waals surface area contributed by atoms with Gasteiger partial charge in [-0.05, 0) is 61.9 Å². The highest BCUT2D eigenvalue weighted by Gasteiger charge is 2.13. The van der Waals surface area contributed by atoms with Crippen molar-refractivity contribution in [3.63, 3.8) is 0 Å². The first-order valence-corrected chi connectivity index (χ1v) is 9.36. The van der Waals surface area contributed by atoms with Crippen molar-refractivity contribution >= 4 is 12.6 Å². The number of benzene rings is 2. The molecule has 0 aromatic heterocycles. The lowest BCUT2D eigenvalue weighted by Crippen LogP contribution is -1.99. The molecule has 4 heteroatoms. The summed E-state index contributed by atoms with van der Waals surface area (Å²) in [6.45, 7) is 3.63. The van der Waals surface area contributed by atoms with E-state index in [1.54, 1.807) is 12.1 Å². The predicted molar refractivity (Wildman–Crippen MR) is 105 cm³/mol. The van der Waals surface area contributed by atoms with E-state index < -0.39 is 17.5 Å². The maximum Gasteiger partial charge on any atom is 0.142 e. The van der Waals surface area contributed by atoms with Crippen LogP contribution in [-0.4, -0.2) is 5.25 Å². The summed E-state index contributed by atoms with van der Waals surface area (Å²) >= 11 is 4.53. The highest BCUT2D eigenvalue weighted by molar-refractivity contribution is 7.80. The Kier molecular flexibility index (Phi) is 7.66. The third kappa shape index (κ3) is 5.32. The van der Waals surface area contributed by atoms with Gasteiger partial charge in [0.25, 0.3) is 0 Å². The lowest BCUT2D eigenvalue weighted by molar-refractivity contribution is 0.577. The number of rotatable bonds is 7. The van der Waals surface area contributed by atoms with E-state index in [2.05, 4.69) is 31.4 Å². The molecule has 0 radical (unpaired) electrons. The Morgan fingerprint density at radius 1 is 1.00 bits per heavy atom. The van der Waals surface area contributed by atoms with Gasteiger partial charge in [-0.1, -0.05) is 31.4 Å². The van der Waals surface area contributed by atoms with E-state index in [1.807, 2.05) is 0 Å². The molecule has 2 rings (SSSR count). The zero-order chi connectivity index (χ0) is 19.1. The van der Waals surface area contributed by atoms with E-state index in [9.17, 15) is 13.2 Å². The van der Waals surface area contributed by atoms with Gasteiger partial charge in [-0.2, -0.15) is 12.6 Å². The molecule has 0 N–H and O–H groups in total. The second-order valence-electron chi connectivity index (χ2n) is 6.34. The summed E-state index contributed by atoms with van der Waals surface area (Å²) in [6.07, 6.45) is 4.85. The van der Waals surface area contributed by atoms with Gasteiger partial charge in [0, 0.05) is 10.8 Å². The molecule has 1 unspecified atom stereocenters. The van der Waals surface area contributed by atoms with Gasteiger partial charge in [0.2, 0.25) is 0 Å². The molecule has 0 aliphatic heterocycles. The van der Waals surface area contributed by atoms with E-state index in [0.717, 1.165) is 49.8 Å². The fourth-order valence-corrected chi connectivity index (χ4v) is 3.38. The Morgan fingerprint density at radius 2 is 1.69 bits per heavy atom. The monoisotopic (exact) mass is 376 g/mol. The summed E-state index contributed by atoms with van der Waals surface area (Å²) in [5, 5.41) is 0.375. The summed E-state index contributed by atoms with van der Waals surface area (Å²) in [5.41, 5.74) is 0.934. The van der Waals surface area contributed by atoms with Crippen molar-refractivity contribution in [1.82, 2.24) is 0 Å². The molecule has 0 aliphatic carbocycles. The normalized spacial score (nSPS) is 11.8. The third-order valence-electron chi connectivity index (χ3n) is 4.26. The predicted octanol–water partition coefficient (Wildman–Crippen LogP) is 6.56. The molecule has 26 heavy (non-hydrogen) atoms. The summed E-state index contributed by atoms with van der Waals surface area (Å²) in [7, 11) is 0. The Morgan fingerprint density at radius 3 is 2.27 bits per heavy atom. The summed E-state index contributed by atoms with van der Waals surface area (Å²) < 4.78 is 42.5. The SMILES string of the molecule is CC#Cc1c(F)cc(-c2ccc(CCCC(S)CCC)cc2F)cc1F. The van der Waals surface area contributed by atoms with Crippen LogP contribution in [0, 0.1) is 29.3 Å². The van der Waals surface area contributed by atoms with E-state index >= 15 is 0 Å². The van der Waals surface area contributed by atoms with Crippen LogP contribution < -0.4 is 0 Å². The highest BCUT2D eigenvalue weighted by Crippen LogP contribution is 2.27. The molecular weight excluding hydrogens is 353 g/mol. The van der Waals surface area contributed by atoms with Crippen molar-refractivity contribution in [3.8, 4) is 23.0 Å². The minimum Gasteiger partial charge on any atom is -0.206 e. The second-order valence-corrected chi connectivity index (χ2v) is 7.07. The lowest BCUT2D eigenvalue weighted by atomic mass is 9.99. The van der Waals surface area contributed by atoms with Gasteiger partial charge >= 0.3 is 0 Å². The van der Waals surface area contributed by atoms with Crippen LogP contribution in [0.25, 0.3) is 11.1 Å². The van der Waals surface area contributed by atoms with Gasteiger partial charge in [-0.3, -0.25) is 0 Å². The summed E-state index contributed by atoms with van der Waals surface area (Å²) in [5.74, 6) is 2.81. The van der Waals surface area contributed by atoms with Gasteiger partial charge in [0.15, 0.2) is 0 Å². The van der Waals surface area contributed by atoms with Crippen LogP contribution in [0.4, 0.5) is 13.2 Å². The first-order valence-electron chi connectivity index (χ1n) is 8.85. The van der Waals surface area contributed by atoms with E-state index in [4.69, 9.17) is 0 Å². The number of hydrogen-bond acceptors (Lipinski definition) is 1. The third-order valence-corrected chi connectivity index (χ3v) is 4.78.